The summed E-state index contributed by atoms with van der Waals surface area (Å²) in [7, 11) is -4.14. The van der Waals surface area contributed by atoms with Crippen LogP contribution in [0.15, 0.2) is 0 Å². The second kappa shape index (κ2) is 19.2. The topological polar surface area (TPSA) is 77.4 Å². The summed E-state index contributed by atoms with van der Waals surface area (Å²) in [6.45, 7) is 3.99. The van der Waals surface area contributed by atoms with Gasteiger partial charge in [-0.15, -0.1) is 0 Å². The van der Waals surface area contributed by atoms with Gasteiger partial charge in [0.2, 0.25) is 0 Å². The number of hydrogen-bond donors (Lipinski definition) is 1. The Morgan fingerprint density at radius 1 is 0.731 bits per heavy atom. The summed E-state index contributed by atoms with van der Waals surface area (Å²) in [4.78, 5) is 0. The number of aliphatic hydroxyl groups excluding tert-OH is 1. The molecule has 2 unspecified atom stereocenters. The molecule has 0 radical (unpaired) electrons. The smallest absolute Gasteiger partial charge is 0.748 e. The van der Waals surface area contributed by atoms with Crippen LogP contribution in [0.2, 0.25) is 0 Å². The van der Waals surface area contributed by atoms with Gasteiger partial charge in [0.1, 0.15) is 0 Å². The molecule has 0 bridgehead atoms. The van der Waals surface area contributed by atoms with E-state index in [9.17, 15) is 18.1 Å². The molecule has 0 fully saturated rings. The van der Waals surface area contributed by atoms with Crippen LogP contribution in [0.4, 0.5) is 0 Å². The summed E-state index contributed by atoms with van der Waals surface area (Å²) in [5.74, 6) is 0. The fourth-order valence-corrected chi connectivity index (χ4v) is 4.19. The van der Waals surface area contributed by atoms with Crippen molar-refractivity contribution >= 4 is 10.1 Å². The molecule has 0 aliphatic carbocycles. The van der Waals surface area contributed by atoms with E-state index in [1.54, 1.807) is 0 Å². The second-order valence-electron chi connectivity index (χ2n) is 7.57. The van der Waals surface area contributed by atoms with E-state index in [0.717, 1.165) is 51.4 Å². The van der Waals surface area contributed by atoms with E-state index < -0.39 is 15.4 Å². The van der Waals surface area contributed by atoms with Crippen molar-refractivity contribution in [2.75, 3.05) is 0 Å². The van der Waals surface area contributed by atoms with Crippen LogP contribution in [0.5, 0.6) is 0 Å². The maximum Gasteiger partial charge on any atom is 1.00 e. The van der Waals surface area contributed by atoms with Crippen LogP contribution in [0.25, 0.3) is 0 Å². The Kier molecular flexibility index (Phi) is 21.5. The Labute approximate surface area is 185 Å². The Balaban J connectivity index is 0. The predicted molar refractivity (Wildman–Crippen MR) is 105 cm³/mol. The molecule has 0 spiro atoms. The average Bonchev–Trinajstić information content (AvgIpc) is 2.53. The van der Waals surface area contributed by atoms with Crippen molar-refractivity contribution in [1.82, 2.24) is 0 Å². The zero-order valence-corrected chi connectivity index (χ0v) is 20.4. The Morgan fingerprint density at radius 3 is 1.42 bits per heavy atom. The molecule has 0 aromatic carbocycles. The van der Waals surface area contributed by atoms with Crippen molar-refractivity contribution < 1.29 is 47.6 Å². The standard InChI is InChI=1S/C20H42O4S.Na/c1-3-4-5-10-14-17-20(25(22,23)24)18-15-12-9-7-6-8-11-13-16-19(2)21;/h19-21H,3-18H2,1-2H3,(H,22,23,24);/q;+1/p-1. The van der Waals surface area contributed by atoms with Gasteiger partial charge in [0, 0.05) is 5.25 Å². The normalized spacial score (nSPS) is 14.0. The Morgan fingerprint density at radius 2 is 1.08 bits per heavy atom. The molecule has 6 heteroatoms. The minimum atomic E-state index is -4.14. The molecular weight excluding hydrogens is 359 g/mol. The number of rotatable bonds is 18. The summed E-state index contributed by atoms with van der Waals surface area (Å²) in [5, 5.41) is 8.51. The van der Waals surface area contributed by atoms with Crippen LogP contribution in [0.1, 0.15) is 117 Å². The van der Waals surface area contributed by atoms with E-state index in [1.807, 2.05) is 6.92 Å². The number of hydrogen-bond acceptors (Lipinski definition) is 4. The van der Waals surface area contributed by atoms with Gasteiger partial charge in [0.25, 0.3) is 0 Å². The first-order valence-corrected chi connectivity index (χ1v) is 12.0. The SMILES string of the molecule is CCCCCCCC(CCCCCCCCCCC(C)O)S(=O)(=O)[O-].[Na+]. The van der Waals surface area contributed by atoms with Crippen molar-refractivity contribution in [2.24, 2.45) is 0 Å². The van der Waals surface area contributed by atoms with Crippen LogP contribution >= 0.6 is 0 Å². The summed E-state index contributed by atoms with van der Waals surface area (Å²) >= 11 is 0. The predicted octanol–water partition coefficient (Wildman–Crippen LogP) is 2.55. The Bertz CT molecular complexity index is 385. The van der Waals surface area contributed by atoms with E-state index in [2.05, 4.69) is 6.92 Å². The largest absolute Gasteiger partial charge is 1.00 e. The van der Waals surface area contributed by atoms with Gasteiger partial charge in [-0.1, -0.05) is 90.4 Å². The van der Waals surface area contributed by atoms with Crippen molar-refractivity contribution in [2.45, 2.75) is 128 Å². The van der Waals surface area contributed by atoms with E-state index in [1.165, 1.54) is 38.5 Å². The monoisotopic (exact) mass is 400 g/mol. The number of aliphatic hydroxyl groups is 1. The van der Waals surface area contributed by atoms with Gasteiger partial charge in [-0.3, -0.25) is 0 Å². The van der Waals surface area contributed by atoms with E-state index in [0.29, 0.717) is 12.8 Å². The quantitative estimate of drug-likeness (QED) is 0.218. The third-order valence-electron chi connectivity index (χ3n) is 4.94. The molecule has 0 saturated carbocycles. The van der Waals surface area contributed by atoms with Gasteiger partial charge in [-0.2, -0.15) is 0 Å². The van der Waals surface area contributed by atoms with Crippen molar-refractivity contribution in [1.29, 1.82) is 0 Å². The minimum absolute atomic E-state index is 0. The molecule has 0 saturated heterocycles. The summed E-state index contributed by atoms with van der Waals surface area (Å²) in [6, 6.07) is 0. The van der Waals surface area contributed by atoms with Crippen molar-refractivity contribution in [3.63, 3.8) is 0 Å². The molecule has 0 aromatic heterocycles. The molecule has 2 atom stereocenters. The molecule has 152 valence electrons. The third kappa shape index (κ3) is 19.6. The van der Waals surface area contributed by atoms with Gasteiger partial charge in [0.15, 0.2) is 0 Å². The molecule has 4 nitrogen and oxygen atoms in total. The summed E-state index contributed by atoms with van der Waals surface area (Å²) in [6.07, 6.45) is 16.1. The van der Waals surface area contributed by atoms with Crippen molar-refractivity contribution in [3.8, 4) is 0 Å². The summed E-state index contributed by atoms with van der Waals surface area (Å²) in [5.41, 5.74) is 0. The Hall–Kier alpha value is 0.870. The zero-order valence-electron chi connectivity index (χ0n) is 17.5. The van der Waals surface area contributed by atoms with E-state index in [4.69, 9.17) is 0 Å². The van der Waals surface area contributed by atoms with Crippen LogP contribution < -0.4 is 29.6 Å². The number of unbranched alkanes of at least 4 members (excludes halogenated alkanes) is 11. The van der Waals surface area contributed by atoms with Crippen LogP contribution in [-0.2, 0) is 10.1 Å². The first-order valence-electron chi connectivity index (χ1n) is 10.5. The molecule has 0 aromatic rings. The molecule has 0 aliphatic heterocycles. The molecule has 1 N–H and O–H groups in total. The maximum absolute atomic E-state index is 11.4. The molecule has 0 amide bonds. The molecule has 0 rings (SSSR count). The molecule has 0 aliphatic rings. The van der Waals surface area contributed by atoms with Crippen LogP contribution in [0.3, 0.4) is 0 Å². The van der Waals surface area contributed by atoms with E-state index in [-0.39, 0.29) is 35.7 Å². The van der Waals surface area contributed by atoms with Gasteiger partial charge in [0.05, 0.1) is 16.2 Å². The first kappa shape index (κ1) is 29.1. The maximum atomic E-state index is 11.4. The average molecular weight is 401 g/mol. The van der Waals surface area contributed by atoms with Gasteiger partial charge >= 0.3 is 29.6 Å². The first-order chi connectivity index (χ1) is 11.9. The van der Waals surface area contributed by atoms with Crippen LogP contribution in [-0.4, -0.2) is 29.4 Å². The van der Waals surface area contributed by atoms with Crippen LogP contribution in [0, 0.1) is 0 Å². The minimum Gasteiger partial charge on any atom is -0.748 e. The van der Waals surface area contributed by atoms with Gasteiger partial charge in [-0.05, 0) is 26.2 Å². The van der Waals surface area contributed by atoms with Crippen molar-refractivity contribution in [3.05, 3.63) is 0 Å². The fraction of sp³-hybridized carbons (Fsp3) is 1.00. The molecule has 0 heterocycles. The van der Waals surface area contributed by atoms with E-state index >= 15 is 0 Å². The fourth-order valence-electron chi connectivity index (χ4n) is 3.28. The summed E-state index contributed by atoms with van der Waals surface area (Å²) < 4.78 is 34.2. The second-order valence-corrected chi connectivity index (χ2v) is 9.22. The zero-order chi connectivity index (χ0) is 19.0. The molecular formula is C20H41NaO4S. The van der Waals surface area contributed by atoms with Gasteiger partial charge < -0.3 is 9.66 Å². The molecule has 26 heavy (non-hydrogen) atoms. The third-order valence-corrected chi connectivity index (χ3v) is 6.22. The van der Waals surface area contributed by atoms with Gasteiger partial charge in [-0.25, -0.2) is 8.42 Å².